The first kappa shape index (κ1) is 42.7. The predicted molar refractivity (Wildman–Crippen MR) is 243 cm³/mol. The zero-order chi connectivity index (χ0) is 44.4. The number of nitrogens with two attached hydrogens (primary N) is 1. The lowest BCUT2D eigenvalue weighted by Gasteiger charge is -2.44. The number of nitrogens with one attached hydrogen (secondary N) is 2. The van der Waals surface area contributed by atoms with E-state index in [9.17, 15) is 29.1 Å². The summed E-state index contributed by atoms with van der Waals surface area (Å²) in [6.07, 6.45) is 8.52. The molecule has 1 unspecified atom stereocenters. The second-order valence-electron chi connectivity index (χ2n) is 17.9. The van der Waals surface area contributed by atoms with Crippen molar-refractivity contribution in [2.45, 2.75) is 75.9 Å². The first-order chi connectivity index (χ1) is 31.1. The Balaban J connectivity index is 0.765. The minimum Gasteiger partial charge on any atom is -0.507 e. The number of phenolic OH excluding ortho intramolecular Hbond substituents is 1. The van der Waals surface area contributed by atoms with Gasteiger partial charge in [-0.2, -0.15) is 0 Å². The lowest BCUT2D eigenvalue weighted by atomic mass is 9.91. The number of unbranched alkanes of at least 4 members (excludes halogenated alkanes) is 1. The summed E-state index contributed by atoms with van der Waals surface area (Å²) in [4.78, 5) is 72.5. The Morgan fingerprint density at radius 1 is 0.828 bits per heavy atom. The minimum atomic E-state index is -0.976. The van der Waals surface area contributed by atoms with Crippen LogP contribution >= 0.6 is 0 Å². The van der Waals surface area contributed by atoms with Crippen LogP contribution in [0.15, 0.2) is 72.8 Å². The van der Waals surface area contributed by atoms with E-state index in [4.69, 9.17) is 5.73 Å². The number of nitrogens with zero attached hydrogens (tertiary/aromatic N) is 7. The number of piperidine rings is 2. The average molecular weight is 869 g/mol. The van der Waals surface area contributed by atoms with E-state index in [1.807, 2.05) is 24.3 Å². The van der Waals surface area contributed by atoms with Gasteiger partial charge in [-0.15, -0.1) is 10.2 Å². The molecular formula is C48H56N10O6. The number of piperazine rings is 1. The number of hydrogen-bond acceptors (Lipinski definition) is 13. The molecule has 5 aliphatic rings. The van der Waals surface area contributed by atoms with Crippen molar-refractivity contribution in [2.75, 3.05) is 72.8 Å². The van der Waals surface area contributed by atoms with Gasteiger partial charge in [-0.05, 0) is 105 Å². The largest absolute Gasteiger partial charge is 0.507 e. The van der Waals surface area contributed by atoms with Gasteiger partial charge >= 0.3 is 0 Å². The van der Waals surface area contributed by atoms with Gasteiger partial charge in [-0.25, -0.2) is 0 Å². The molecule has 4 aliphatic heterocycles. The molecule has 4 fully saturated rings. The molecule has 1 aromatic heterocycles. The number of imide groups is 2. The number of rotatable bonds is 16. The molecule has 0 radical (unpaired) electrons. The van der Waals surface area contributed by atoms with Crippen LogP contribution in [0.1, 0.15) is 84.1 Å². The van der Waals surface area contributed by atoms with Crippen LogP contribution in [0.5, 0.6) is 5.75 Å². The van der Waals surface area contributed by atoms with E-state index >= 15 is 0 Å². The lowest BCUT2D eigenvalue weighted by molar-refractivity contribution is -0.136. The number of para-hydroxylation sites is 1. The molecule has 16 nitrogen and oxygen atoms in total. The van der Waals surface area contributed by atoms with Gasteiger partial charge < -0.3 is 30.9 Å². The molecule has 3 aromatic carbocycles. The molecule has 0 bridgehead atoms. The SMILES string of the molecule is Nc1nnc(-c2ccccc2O)cc1N1CCN(c2cccc(CN(CCCCC3CCN(c4ccc5c(c4)C(=O)N(C4CCC(=O)NC4=O)C5=O)CC3)CCNC=O)c2)C2(CC2)C1. The van der Waals surface area contributed by atoms with Crippen molar-refractivity contribution in [1.82, 2.24) is 30.6 Å². The molecule has 1 saturated carbocycles. The Labute approximate surface area is 372 Å². The molecule has 1 aliphatic carbocycles. The van der Waals surface area contributed by atoms with Gasteiger partial charge in [0.15, 0.2) is 5.82 Å². The molecular weight excluding hydrogens is 813 g/mol. The number of hydrogen-bond donors (Lipinski definition) is 4. The minimum absolute atomic E-state index is 0.00722. The number of phenols is 1. The fourth-order valence-corrected chi connectivity index (χ4v) is 10.2. The number of anilines is 4. The molecule has 9 rings (SSSR count). The standard InChI is InChI=1S/C48H56N10O6/c49-44-41(28-39(52-53-44)37-9-1-2-10-42(37)60)56-24-25-57(48(30-56)17-18-48)35-8-5-7-33(26-35)29-54(23-19-50-31-59)20-4-3-6-32-15-21-55(22-16-32)34-11-12-36-38(27-34)47(64)58(46(36)63)40-13-14-43(61)51-45(40)62/h1-2,5,7-12,26-28,31-32,40,60H,3-4,6,13-25,29-30H2,(H2,49,53)(H,50,59)(H,51,61,62). The Hall–Kier alpha value is -6.55. The smallest absolute Gasteiger partial charge is 0.262 e. The first-order valence-electron chi connectivity index (χ1n) is 22.6. The van der Waals surface area contributed by atoms with E-state index in [1.54, 1.807) is 24.3 Å². The quantitative estimate of drug-likeness (QED) is 0.0707. The topological polar surface area (TPSA) is 198 Å². The van der Waals surface area contributed by atoms with Crippen LogP contribution in [0.3, 0.4) is 0 Å². The van der Waals surface area contributed by atoms with Crippen LogP contribution in [0.25, 0.3) is 11.3 Å². The van der Waals surface area contributed by atoms with Gasteiger partial charge in [0.25, 0.3) is 11.8 Å². The van der Waals surface area contributed by atoms with E-state index < -0.39 is 29.7 Å². The second kappa shape index (κ2) is 18.3. The van der Waals surface area contributed by atoms with Gasteiger partial charge in [0, 0.05) is 75.7 Å². The maximum atomic E-state index is 13.4. The molecule has 4 aromatic rings. The molecule has 16 heteroatoms. The van der Waals surface area contributed by atoms with Crippen LogP contribution < -0.4 is 31.1 Å². The molecule has 1 atom stereocenters. The fraction of sp³-hybridized carbons (Fsp3) is 0.438. The zero-order valence-electron chi connectivity index (χ0n) is 36.1. The van der Waals surface area contributed by atoms with E-state index in [-0.39, 0.29) is 24.1 Å². The predicted octanol–water partition coefficient (Wildman–Crippen LogP) is 4.33. The summed E-state index contributed by atoms with van der Waals surface area (Å²) in [5.41, 5.74) is 12.4. The van der Waals surface area contributed by atoms with E-state index in [2.05, 4.69) is 64.7 Å². The second-order valence-corrected chi connectivity index (χ2v) is 17.9. The van der Waals surface area contributed by atoms with Gasteiger partial charge in [-0.1, -0.05) is 37.1 Å². The highest BCUT2D eigenvalue weighted by atomic mass is 16.3. The Bertz CT molecular complexity index is 2430. The summed E-state index contributed by atoms with van der Waals surface area (Å²) < 4.78 is 0. The van der Waals surface area contributed by atoms with E-state index in [0.29, 0.717) is 40.7 Å². The lowest BCUT2D eigenvalue weighted by Crippen LogP contribution is -2.55. The Kier molecular flexibility index (Phi) is 12.2. The number of aromatic nitrogens is 2. The highest BCUT2D eigenvalue weighted by Crippen LogP contribution is 2.48. The van der Waals surface area contributed by atoms with E-state index in [1.165, 1.54) is 11.3 Å². The third-order valence-corrected chi connectivity index (χ3v) is 13.8. The normalized spacial score (nSPS) is 19.7. The van der Waals surface area contributed by atoms with E-state index in [0.717, 1.165) is 120 Å². The number of carbonyl (C=O) groups is 5. The molecule has 1 spiro atoms. The number of benzene rings is 3. The number of fused-ring (bicyclic) bond motifs is 1. The zero-order valence-corrected chi connectivity index (χ0v) is 36.1. The van der Waals surface area contributed by atoms with Crippen molar-refractivity contribution < 1.29 is 29.1 Å². The molecule has 3 saturated heterocycles. The first-order valence-corrected chi connectivity index (χ1v) is 22.6. The highest BCUT2D eigenvalue weighted by molar-refractivity contribution is 6.23. The summed E-state index contributed by atoms with van der Waals surface area (Å²) in [5.74, 6) is -0.834. The third-order valence-electron chi connectivity index (χ3n) is 13.8. The van der Waals surface area contributed by atoms with Crippen LogP contribution in [0.4, 0.5) is 22.9 Å². The molecule has 5 heterocycles. The van der Waals surface area contributed by atoms with Crippen molar-refractivity contribution in [3.8, 4) is 17.0 Å². The van der Waals surface area contributed by atoms with Crippen molar-refractivity contribution in [3.63, 3.8) is 0 Å². The number of carbonyl (C=O) groups excluding carboxylic acids is 5. The van der Waals surface area contributed by atoms with Crippen LogP contribution in [-0.2, 0) is 20.9 Å². The van der Waals surface area contributed by atoms with Gasteiger partial charge in [0.1, 0.15) is 11.8 Å². The summed E-state index contributed by atoms with van der Waals surface area (Å²) in [6, 6.07) is 22.3. The third kappa shape index (κ3) is 8.83. The maximum Gasteiger partial charge on any atom is 0.262 e. The highest BCUT2D eigenvalue weighted by Gasteiger charge is 2.52. The number of amides is 5. The number of nitrogen functional groups attached to an aromatic ring is 1. The molecule has 334 valence electrons. The van der Waals surface area contributed by atoms with Crippen molar-refractivity contribution in [3.05, 3.63) is 89.5 Å². The van der Waals surface area contributed by atoms with Gasteiger partial charge in [0.2, 0.25) is 18.2 Å². The summed E-state index contributed by atoms with van der Waals surface area (Å²) in [5, 5.41) is 24.1. The van der Waals surface area contributed by atoms with Crippen LogP contribution in [-0.4, -0.2) is 119 Å². The number of aromatic hydroxyl groups is 1. The Morgan fingerprint density at radius 2 is 1.64 bits per heavy atom. The van der Waals surface area contributed by atoms with Crippen molar-refractivity contribution in [1.29, 1.82) is 0 Å². The van der Waals surface area contributed by atoms with Gasteiger partial charge in [0.05, 0.1) is 28.0 Å². The average Bonchev–Trinajstić information content (AvgIpc) is 4.02. The summed E-state index contributed by atoms with van der Waals surface area (Å²) in [7, 11) is 0. The fourth-order valence-electron chi connectivity index (χ4n) is 10.2. The van der Waals surface area contributed by atoms with Crippen LogP contribution in [0, 0.1) is 5.92 Å². The van der Waals surface area contributed by atoms with Crippen molar-refractivity contribution in [2.24, 2.45) is 5.92 Å². The Morgan fingerprint density at radius 3 is 2.42 bits per heavy atom. The molecule has 5 N–H and O–H groups in total. The molecule has 64 heavy (non-hydrogen) atoms. The van der Waals surface area contributed by atoms with Gasteiger partial charge in [-0.3, -0.25) is 39.1 Å². The maximum absolute atomic E-state index is 13.4. The van der Waals surface area contributed by atoms with Crippen molar-refractivity contribution >= 4 is 52.9 Å². The summed E-state index contributed by atoms with van der Waals surface area (Å²) in [6.45, 7) is 7.19. The monoisotopic (exact) mass is 868 g/mol. The van der Waals surface area contributed by atoms with Crippen LogP contribution in [0.2, 0.25) is 0 Å². The summed E-state index contributed by atoms with van der Waals surface area (Å²) >= 11 is 0. The molecule has 5 amide bonds.